The minimum Gasteiger partial charge on any atom is -0.361 e. The summed E-state index contributed by atoms with van der Waals surface area (Å²) in [6.45, 7) is 2.82. The van der Waals surface area contributed by atoms with E-state index >= 15 is 0 Å². The Bertz CT molecular complexity index is 669. The molecule has 1 aliphatic rings. The zero-order valence-electron chi connectivity index (χ0n) is 12.9. The predicted octanol–water partition coefficient (Wildman–Crippen LogP) is 3.24. The molecule has 0 spiro atoms. The number of pyridine rings is 1. The average Bonchev–Trinajstić information content (AvgIpc) is 2.72. The highest BCUT2D eigenvalue weighted by Gasteiger charge is 2.17. The van der Waals surface area contributed by atoms with Crippen LogP contribution in [0.3, 0.4) is 0 Å². The molecule has 5 nitrogen and oxygen atoms in total. The third-order valence-electron chi connectivity index (χ3n) is 3.54. The van der Waals surface area contributed by atoms with E-state index in [-0.39, 0.29) is 30.7 Å². The number of nitrogens with zero attached hydrogens (tertiary/aromatic N) is 2. The fourth-order valence-electron chi connectivity index (χ4n) is 2.50. The molecule has 2 heterocycles. The number of fused-ring (bicyclic) bond motifs is 1. The number of halogens is 3. The van der Waals surface area contributed by atoms with Crippen molar-refractivity contribution >= 4 is 58.2 Å². The number of hydrogen-bond donors (Lipinski definition) is 2. The van der Waals surface area contributed by atoms with E-state index in [9.17, 15) is 4.79 Å². The van der Waals surface area contributed by atoms with Gasteiger partial charge in [0.1, 0.15) is 5.82 Å². The topological polar surface area (TPSA) is 57.3 Å². The molecule has 8 heteroatoms. The van der Waals surface area contributed by atoms with Crippen molar-refractivity contribution in [3.63, 3.8) is 0 Å². The molecule has 2 N–H and O–H groups in total. The van der Waals surface area contributed by atoms with Crippen molar-refractivity contribution in [1.82, 2.24) is 10.3 Å². The maximum absolute atomic E-state index is 12.3. The van der Waals surface area contributed by atoms with Crippen LogP contribution >= 0.6 is 40.7 Å². The quantitative estimate of drug-likeness (QED) is 0.780. The van der Waals surface area contributed by atoms with Gasteiger partial charge in [-0.1, -0.05) is 18.2 Å². The number of aromatic nitrogens is 1. The Balaban J connectivity index is 0.00000144. The monoisotopic (exact) mass is 432 g/mol. The number of para-hydroxylation sites is 1. The molecule has 1 aliphatic heterocycles. The van der Waals surface area contributed by atoms with Crippen LogP contribution in [0.5, 0.6) is 0 Å². The summed E-state index contributed by atoms with van der Waals surface area (Å²) in [5, 5.41) is 6.21. The molecule has 1 aromatic carbocycles. The number of nitrogens with one attached hydrogen (secondary N) is 2. The van der Waals surface area contributed by atoms with Gasteiger partial charge in [0.2, 0.25) is 5.91 Å². The van der Waals surface area contributed by atoms with Crippen molar-refractivity contribution in [2.45, 2.75) is 6.54 Å². The molecule has 24 heavy (non-hydrogen) atoms. The van der Waals surface area contributed by atoms with E-state index in [1.165, 1.54) is 5.56 Å². The SMILES string of the molecule is Cl.Cl.O=C(CN1CCNCc2ccccc21)Nc1ccc(Br)cn1. The van der Waals surface area contributed by atoms with Gasteiger partial charge in [-0.25, -0.2) is 4.98 Å². The van der Waals surface area contributed by atoms with Crippen molar-refractivity contribution in [1.29, 1.82) is 0 Å². The zero-order valence-corrected chi connectivity index (χ0v) is 16.1. The number of rotatable bonds is 3. The number of hydrogen-bond acceptors (Lipinski definition) is 4. The Hall–Kier alpha value is -1.34. The van der Waals surface area contributed by atoms with E-state index in [1.807, 2.05) is 18.2 Å². The number of carbonyl (C=O) groups excluding carboxylic acids is 1. The molecule has 2 aromatic rings. The van der Waals surface area contributed by atoms with Crippen molar-refractivity contribution in [2.24, 2.45) is 0 Å². The van der Waals surface area contributed by atoms with Crippen LogP contribution in [0.25, 0.3) is 0 Å². The average molecular weight is 434 g/mol. The number of carbonyl (C=O) groups is 1. The van der Waals surface area contributed by atoms with Crippen molar-refractivity contribution in [3.8, 4) is 0 Å². The molecule has 0 aliphatic carbocycles. The molecule has 0 atom stereocenters. The Morgan fingerprint density at radius 3 is 2.79 bits per heavy atom. The molecular weight excluding hydrogens is 415 g/mol. The summed E-state index contributed by atoms with van der Waals surface area (Å²) in [5.41, 5.74) is 2.33. The largest absolute Gasteiger partial charge is 0.361 e. The molecule has 1 aromatic heterocycles. The molecule has 3 rings (SSSR count). The first-order valence-electron chi connectivity index (χ1n) is 7.17. The molecule has 0 radical (unpaired) electrons. The van der Waals surface area contributed by atoms with Crippen LogP contribution < -0.4 is 15.5 Å². The normalized spacial score (nSPS) is 13.0. The van der Waals surface area contributed by atoms with E-state index in [4.69, 9.17) is 0 Å². The smallest absolute Gasteiger partial charge is 0.245 e. The second kappa shape index (κ2) is 9.84. The summed E-state index contributed by atoms with van der Waals surface area (Å²) in [5.74, 6) is 0.501. The highest BCUT2D eigenvalue weighted by Crippen LogP contribution is 2.21. The van der Waals surface area contributed by atoms with Crippen LogP contribution in [-0.2, 0) is 11.3 Å². The van der Waals surface area contributed by atoms with Gasteiger partial charge in [0.15, 0.2) is 0 Å². The number of amides is 1. The fraction of sp³-hybridized carbons (Fsp3) is 0.250. The first-order chi connectivity index (χ1) is 10.7. The van der Waals surface area contributed by atoms with Crippen LogP contribution in [0, 0.1) is 0 Å². The van der Waals surface area contributed by atoms with E-state index in [0.29, 0.717) is 12.4 Å². The van der Waals surface area contributed by atoms with Gasteiger partial charge in [-0.3, -0.25) is 4.79 Å². The zero-order chi connectivity index (χ0) is 15.4. The Labute approximate surface area is 162 Å². The van der Waals surface area contributed by atoms with Crippen LogP contribution in [-0.4, -0.2) is 30.5 Å². The van der Waals surface area contributed by atoms with Crippen molar-refractivity contribution < 1.29 is 4.79 Å². The van der Waals surface area contributed by atoms with Gasteiger partial charge in [-0.2, -0.15) is 0 Å². The predicted molar refractivity (Wildman–Crippen MR) is 105 cm³/mol. The highest BCUT2D eigenvalue weighted by molar-refractivity contribution is 9.10. The maximum atomic E-state index is 12.3. The van der Waals surface area contributed by atoms with Crippen LogP contribution in [0.2, 0.25) is 0 Å². The Morgan fingerprint density at radius 2 is 2.04 bits per heavy atom. The van der Waals surface area contributed by atoms with Gasteiger partial charge in [0.05, 0.1) is 6.54 Å². The lowest BCUT2D eigenvalue weighted by molar-refractivity contribution is -0.115. The first kappa shape index (κ1) is 20.7. The molecular formula is C16H19BrCl2N4O. The second-order valence-electron chi connectivity index (χ2n) is 5.14. The van der Waals surface area contributed by atoms with E-state index in [1.54, 1.807) is 12.3 Å². The van der Waals surface area contributed by atoms with E-state index in [0.717, 1.165) is 29.8 Å². The second-order valence-corrected chi connectivity index (χ2v) is 6.05. The van der Waals surface area contributed by atoms with E-state index < -0.39 is 0 Å². The Morgan fingerprint density at radius 1 is 1.25 bits per heavy atom. The number of benzene rings is 1. The molecule has 0 saturated heterocycles. The Kier molecular flexibility index (Phi) is 8.48. The third kappa shape index (κ3) is 5.34. The molecule has 0 saturated carbocycles. The maximum Gasteiger partial charge on any atom is 0.245 e. The standard InChI is InChI=1S/C16H17BrN4O.2ClH/c17-13-5-6-15(19-10-13)20-16(22)11-21-8-7-18-9-12-3-1-2-4-14(12)21;;/h1-6,10,18H,7-9,11H2,(H,19,20,22);2*1H. The van der Waals surface area contributed by atoms with Crippen molar-refractivity contribution in [3.05, 3.63) is 52.6 Å². The molecule has 0 bridgehead atoms. The van der Waals surface area contributed by atoms with Crippen LogP contribution in [0.15, 0.2) is 47.1 Å². The lowest BCUT2D eigenvalue weighted by Crippen LogP contribution is -2.36. The number of anilines is 2. The summed E-state index contributed by atoms with van der Waals surface area (Å²) in [6.07, 6.45) is 1.67. The summed E-state index contributed by atoms with van der Waals surface area (Å²) in [6, 6.07) is 11.8. The first-order valence-corrected chi connectivity index (χ1v) is 7.96. The van der Waals surface area contributed by atoms with Gasteiger partial charge in [-0.15, -0.1) is 24.8 Å². The minimum atomic E-state index is -0.0634. The summed E-state index contributed by atoms with van der Waals surface area (Å²) >= 11 is 3.33. The third-order valence-corrected chi connectivity index (χ3v) is 4.00. The van der Waals surface area contributed by atoms with Gasteiger partial charge in [0, 0.05) is 36.0 Å². The highest BCUT2D eigenvalue weighted by atomic mass is 79.9. The summed E-state index contributed by atoms with van der Waals surface area (Å²) in [4.78, 5) is 18.5. The molecule has 130 valence electrons. The summed E-state index contributed by atoms with van der Waals surface area (Å²) < 4.78 is 0.887. The van der Waals surface area contributed by atoms with E-state index in [2.05, 4.69) is 48.6 Å². The summed E-state index contributed by atoms with van der Waals surface area (Å²) in [7, 11) is 0. The van der Waals surface area contributed by atoms with Gasteiger partial charge in [0.25, 0.3) is 0 Å². The molecule has 0 fully saturated rings. The molecule has 1 amide bonds. The van der Waals surface area contributed by atoms with Crippen LogP contribution in [0.1, 0.15) is 5.56 Å². The fourth-order valence-corrected chi connectivity index (χ4v) is 2.73. The lowest BCUT2D eigenvalue weighted by Gasteiger charge is -2.23. The lowest BCUT2D eigenvalue weighted by atomic mass is 10.1. The van der Waals surface area contributed by atoms with Crippen LogP contribution in [0.4, 0.5) is 11.5 Å². The van der Waals surface area contributed by atoms with Gasteiger partial charge < -0.3 is 15.5 Å². The van der Waals surface area contributed by atoms with Gasteiger partial charge >= 0.3 is 0 Å². The minimum absolute atomic E-state index is 0. The van der Waals surface area contributed by atoms with Crippen molar-refractivity contribution in [2.75, 3.05) is 29.9 Å². The van der Waals surface area contributed by atoms with Gasteiger partial charge in [-0.05, 0) is 39.7 Å². The molecule has 0 unspecified atom stereocenters.